The molecule has 0 unspecified atom stereocenters. The molecule has 0 spiro atoms. The number of nitrogens with zero attached hydrogens (tertiary/aromatic N) is 1. The van der Waals surface area contributed by atoms with Crippen LogP contribution in [-0.4, -0.2) is 56.2 Å². The molecule has 194 valence electrons. The van der Waals surface area contributed by atoms with Gasteiger partial charge in [0.25, 0.3) is 10.9 Å². The summed E-state index contributed by atoms with van der Waals surface area (Å²) in [7, 11) is -3.74. The lowest BCUT2D eigenvalue weighted by Gasteiger charge is -2.25. The zero-order valence-electron chi connectivity index (χ0n) is 19.8. The Labute approximate surface area is 212 Å². The first-order valence-corrected chi connectivity index (χ1v) is 13.3. The van der Waals surface area contributed by atoms with Crippen molar-refractivity contribution in [2.24, 2.45) is 0 Å². The number of rotatable bonds is 11. The third-order valence-electron chi connectivity index (χ3n) is 5.67. The number of carbonyl (C=O) groups excluding carboxylic acids is 2. The fourth-order valence-corrected chi connectivity index (χ4v) is 4.98. The van der Waals surface area contributed by atoms with Crippen molar-refractivity contribution in [1.82, 2.24) is 0 Å². The van der Waals surface area contributed by atoms with Crippen LogP contribution < -0.4 is 21.1 Å². The van der Waals surface area contributed by atoms with Crippen LogP contribution in [0.15, 0.2) is 70.3 Å². The van der Waals surface area contributed by atoms with Gasteiger partial charge < -0.3 is 19.7 Å². The lowest BCUT2D eigenvalue weighted by atomic mass is 10.2. The Hall–Kier alpha value is -3.63. The van der Waals surface area contributed by atoms with Gasteiger partial charge in [0.15, 0.2) is 6.16 Å². The van der Waals surface area contributed by atoms with E-state index in [-0.39, 0.29) is 24.1 Å². The molecular formula is C25H26N2O9P+. The molecule has 12 heteroatoms. The molecule has 1 heterocycles. The van der Waals surface area contributed by atoms with Crippen molar-refractivity contribution in [3.05, 3.63) is 92.2 Å². The van der Waals surface area contributed by atoms with E-state index in [4.69, 9.17) is 18.5 Å². The SMILES string of the molecule is O=C(OCO[P+](O)(CCN1CCCNc2c1c(=O)c2=O)OCOC(=O)c1ccccc1)c1ccccc1. The van der Waals surface area contributed by atoms with Gasteiger partial charge in [-0.25, -0.2) is 9.59 Å². The smallest absolute Gasteiger partial charge is 0.417 e. The first-order valence-electron chi connectivity index (χ1n) is 11.5. The van der Waals surface area contributed by atoms with Gasteiger partial charge >= 0.3 is 19.9 Å². The second-order valence-electron chi connectivity index (χ2n) is 8.10. The molecule has 37 heavy (non-hydrogen) atoms. The Morgan fingerprint density at radius 3 is 1.95 bits per heavy atom. The summed E-state index contributed by atoms with van der Waals surface area (Å²) in [5, 5.41) is 2.95. The molecule has 2 N–H and O–H groups in total. The topological polar surface area (TPSA) is 141 Å². The Balaban J connectivity index is 1.39. The molecule has 0 amide bonds. The number of fused-ring (bicyclic) bond motifs is 1. The van der Waals surface area contributed by atoms with Gasteiger partial charge in [-0.1, -0.05) is 36.4 Å². The van der Waals surface area contributed by atoms with Gasteiger partial charge in [-0.3, -0.25) is 9.59 Å². The van der Waals surface area contributed by atoms with Gasteiger partial charge in [0, 0.05) is 13.1 Å². The predicted molar refractivity (Wildman–Crippen MR) is 136 cm³/mol. The van der Waals surface area contributed by atoms with Crippen molar-refractivity contribution in [3.8, 4) is 0 Å². The summed E-state index contributed by atoms with van der Waals surface area (Å²) >= 11 is 0. The molecule has 1 aliphatic heterocycles. The zero-order chi connectivity index (χ0) is 26.3. The van der Waals surface area contributed by atoms with E-state index in [2.05, 4.69) is 5.32 Å². The number of ether oxygens (including phenoxy) is 2. The zero-order valence-corrected chi connectivity index (χ0v) is 20.7. The average molecular weight is 529 g/mol. The average Bonchev–Trinajstić information content (AvgIpc) is 3.13. The number of hydrogen-bond acceptors (Lipinski definition) is 11. The summed E-state index contributed by atoms with van der Waals surface area (Å²) in [6.45, 7) is -0.110. The molecule has 3 aromatic rings. The molecule has 11 nitrogen and oxygen atoms in total. The maximum absolute atomic E-state index is 12.2. The molecule has 4 rings (SSSR count). The molecule has 0 atom stereocenters. The number of benzene rings is 2. The molecule has 0 aromatic heterocycles. The van der Waals surface area contributed by atoms with Crippen molar-refractivity contribution in [2.75, 3.05) is 49.6 Å². The van der Waals surface area contributed by atoms with E-state index in [1.54, 1.807) is 65.6 Å². The molecule has 0 fully saturated rings. The fourth-order valence-electron chi connectivity index (χ4n) is 3.72. The maximum atomic E-state index is 12.2. The Bertz CT molecular complexity index is 1240. The summed E-state index contributed by atoms with van der Waals surface area (Å²) < 4.78 is 21.1. The van der Waals surface area contributed by atoms with Crippen LogP contribution in [0.1, 0.15) is 27.1 Å². The second-order valence-corrected chi connectivity index (χ2v) is 10.3. The number of esters is 2. The van der Waals surface area contributed by atoms with Crippen LogP contribution in [0.25, 0.3) is 0 Å². The lowest BCUT2D eigenvalue weighted by Crippen LogP contribution is -2.42. The van der Waals surface area contributed by atoms with Crippen LogP contribution in [0.5, 0.6) is 0 Å². The monoisotopic (exact) mass is 529 g/mol. The fraction of sp³-hybridized carbons (Fsp3) is 0.280. The van der Waals surface area contributed by atoms with Gasteiger partial charge in [0.05, 0.1) is 17.7 Å². The van der Waals surface area contributed by atoms with E-state index in [0.717, 1.165) is 0 Å². The van der Waals surface area contributed by atoms with E-state index in [9.17, 15) is 24.1 Å². The minimum absolute atomic E-state index is 0.114. The minimum atomic E-state index is -3.74. The number of carbonyl (C=O) groups is 2. The quantitative estimate of drug-likeness (QED) is 0.164. The molecule has 0 radical (unpaired) electrons. The van der Waals surface area contributed by atoms with E-state index in [1.807, 2.05) is 0 Å². The third kappa shape index (κ3) is 6.58. The van der Waals surface area contributed by atoms with Gasteiger partial charge in [0.1, 0.15) is 11.4 Å². The lowest BCUT2D eigenvalue weighted by molar-refractivity contribution is -0.0143. The Kier molecular flexibility index (Phi) is 8.62. The van der Waals surface area contributed by atoms with E-state index in [1.165, 1.54) is 0 Å². The normalized spacial score (nSPS) is 13.4. The molecule has 0 bridgehead atoms. The first kappa shape index (κ1) is 26.4. The summed E-state index contributed by atoms with van der Waals surface area (Å²) in [5.41, 5.74) is -0.0348. The van der Waals surface area contributed by atoms with Crippen molar-refractivity contribution < 1.29 is 33.0 Å². The highest BCUT2D eigenvalue weighted by molar-refractivity contribution is 7.60. The van der Waals surface area contributed by atoms with Gasteiger partial charge in [-0.05, 0) is 30.7 Å². The number of anilines is 2. The van der Waals surface area contributed by atoms with Crippen LogP contribution in [0.4, 0.5) is 11.4 Å². The van der Waals surface area contributed by atoms with E-state index in [0.29, 0.717) is 30.6 Å². The maximum Gasteiger partial charge on any atom is 0.417 e. The van der Waals surface area contributed by atoms with Crippen LogP contribution in [0.2, 0.25) is 0 Å². The molecular weight excluding hydrogens is 503 g/mol. The van der Waals surface area contributed by atoms with Gasteiger partial charge in [-0.2, -0.15) is 4.89 Å². The summed E-state index contributed by atoms with van der Waals surface area (Å²) in [4.78, 5) is 61.2. The summed E-state index contributed by atoms with van der Waals surface area (Å²) in [5.74, 6) is -1.32. The number of hydrogen-bond donors (Lipinski definition) is 2. The number of nitrogens with one attached hydrogen (secondary N) is 1. The van der Waals surface area contributed by atoms with Crippen molar-refractivity contribution >= 4 is 31.3 Å². The van der Waals surface area contributed by atoms with Crippen LogP contribution >= 0.6 is 7.94 Å². The summed E-state index contributed by atoms with van der Waals surface area (Å²) in [6, 6.07) is 16.5. The third-order valence-corrected chi connectivity index (χ3v) is 7.45. The molecule has 0 saturated carbocycles. The minimum Gasteiger partial charge on any atom is -0.430 e. The Morgan fingerprint density at radius 2 is 1.41 bits per heavy atom. The van der Waals surface area contributed by atoms with Gasteiger partial charge in [0.2, 0.25) is 13.6 Å². The standard InChI is InChI=1S/C25H25N2O9P/c28-22-20-21(23(22)29)27(13-7-12-26-20)14-15-37(32,35-16-33-24(30)18-8-3-1-4-9-18)36-17-34-25(31)19-10-5-2-6-11-19/h1-6,8-11,32H,7,12-17H2/p+1. The molecule has 3 aromatic carbocycles. The van der Waals surface area contributed by atoms with Crippen LogP contribution in [0, 0.1) is 0 Å². The predicted octanol–water partition coefficient (Wildman–Crippen LogP) is 2.32. The summed E-state index contributed by atoms with van der Waals surface area (Å²) in [6.07, 6.45) is 0.548. The first-order chi connectivity index (χ1) is 17.9. The van der Waals surface area contributed by atoms with Crippen LogP contribution in [0.3, 0.4) is 0 Å². The highest BCUT2D eigenvalue weighted by Gasteiger charge is 2.43. The highest BCUT2D eigenvalue weighted by Crippen LogP contribution is 2.56. The molecule has 1 aliphatic rings. The highest BCUT2D eigenvalue weighted by atomic mass is 31.2. The molecule has 0 aliphatic carbocycles. The molecule has 0 saturated heterocycles. The van der Waals surface area contributed by atoms with Crippen molar-refractivity contribution in [2.45, 2.75) is 6.42 Å². The Morgan fingerprint density at radius 1 is 0.865 bits per heavy atom. The largest absolute Gasteiger partial charge is 0.430 e. The van der Waals surface area contributed by atoms with E-state index >= 15 is 0 Å². The second kappa shape index (κ2) is 12.1. The van der Waals surface area contributed by atoms with Crippen LogP contribution in [-0.2, 0) is 18.5 Å². The van der Waals surface area contributed by atoms with E-state index < -0.39 is 44.3 Å². The van der Waals surface area contributed by atoms with Crippen molar-refractivity contribution in [3.63, 3.8) is 0 Å². The van der Waals surface area contributed by atoms with Crippen molar-refractivity contribution in [1.29, 1.82) is 0 Å². The van der Waals surface area contributed by atoms with Gasteiger partial charge in [-0.15, -0.1) is 9.05 Å².